The van der Waals surface area contributed by atoms with E-state index in [1.807, 2.05) is 66.5 Å². The van der Waals surface area contributed by atoms with E-state index >= 15 is 0 Å². The van der Waals surface area contributed by atoms with E-state index in [0.717, 1.165) is 34.1 Å². The van der Waals surface area contributed by atoms with Gasteiger partial charge in [-0.15, -0.1) is 0 Å². The van der Waals surface area contributed by atoms with Gasteiger partial charge in [0.2, 0.25) is 5.36 Å². The lowest BCUT2D eigenvalue weighted by Gasteiger charge is -2.21. The van der Waals surface area contributed by atoms with Crippen LogP contribution in [0.3, 0.4) is 0 Å². The van der Waals surface area contributed by atoms with Gasteiger partial charge in [0.25, 0.3) is 0 Å². The van der Waals surface area contributed by atoms with Crippen molar-refractivity contribution in [1.82, 2.24) is 15.2 Å². The molecule has 1 aliphatic carbocycles. The molecule has 0 fully saturated rings. The third-order valence-electron chi connectivity index (χ3n) is 6.76. The van der Waals surface area contributed by atoms with Gasteiger partial charge in [-0.3, -0.25) is 0 Å². The number of carbonyl (C=O) groups excluding carboxylic acids is 2. The van der Waals surface area contributed by atoms with E-state index in [9.17, 15) is 19.5 Å². The molecule has 4 rings (SSSR count). The van der Waals surface area contributed by atoms with Crippen molar-refractivity contribution in [3.63, 3.8) is 0 Å². The number of rotatable bonds is 9. The summed E-state index contributed by atoms with van der Waals surface area (Å²) in [7, 11) is 2.87. The van der Waals surface area contributed by atoms with E-state index in [-0.39, 0.29) is 12.2 Å². The van der Waals surface area contributed by atoms with Gasteiger partial charge in [0.1, 0.15) is 17.9 Å². The second-order valence-corrected chi connectivity index (χ2v) is 9.16. The monoisotopic (exact) mass is 588 g/mol. The van der Waals surface area contributed by atoms with Gasteiger partial charge in [0.15, 0.2) is 13.2 Å². The number of nitrogens with zero attached hydrogens (tertiary/aromatic N) is 2. The molecule has 0 unspecified atom stereocenters. The Morgan fingerprint density at radius 1 is 1.05 bits per heavy atom. The number of carboxylic acids is 1. The molecule has 3 N–H and O–H groups in total. The molecule has 2 aromatic carbocycles. The summed E-state index contributed by atoms with van der Waals surface area (Å²) in [6.07, 6.45) is 0.283. The number of amides is 2. The van der Waals surface area contributed by atoms with Gasteiger partial charge in [-0.1, -0.05) is 30.8 Å². The number of fused-ring (bicyclic) bond motifs is 2. The van der Waals surface area contributed by atoms with E-state index in [0.29, 0.717) is 30.0 Å². The van der Waals surface area contributed by atoms with Crippen molar-refractivity contribution in [2.75, 3.05) is 45.2 Å². The van der Waals surface area contributed by atoms with Crippen molar-refractivity contribution in [3.05, 3.63) is 84.4 Å². The molecule has 0 aromatic heterocycles. The normalized spacial score (nSPS) is 11.2. The van der Waals surface area contributed by atoms with Crippen molar-refractivity contribution >= 4 is 34.8 Å². The van der Waals surface area contributed by atoms with Crippen LogP contribution in [0.15, 0.2) is 77.9 Å². The highest BCUT2D eigenvalue weighted by molar-refractivity contribution is 6.07. The minimum Gasteiger partial charge on any atom is -0.545 e. The number of hydrogen-bond acceptors (Lipinski definition) is 7. The lowest BCUT2D eigenvalue weighted by atomic mass is 9.90. The van der Waals surface area contributed by atoms with E-state index in [1.54, 1.807) is 24.4 Å². The molecule has 0 atom stereocenters. The average Bonchev–Trinajstić information content (AvgIpc) is 3.02. The predicted molar refractivity (Wildman–Crippen MR) is 164 cm³/mol. The van der Waals surface area contributed by atoms with Crippen LogP contribution in [-0.2, 0) is 4.74 Å². The molecule has 1 heterocycles. The first-order valence-electron chi connectivity index (χ1n) is 13.7. The Labute approximate surface area is 249 Å². The van der Waals surface area contributed by atoms with Crippen molar-refractivity contribution in [1.29, 1.82) is 0 Å². The Kier molecular flexibility index (Phi) is 11.3. The SMILES string of the molecule is C=CN(CC)c1ccc2c(-c3ccccc3C(=O)[O-])c3ccc(=[N+](CC)CCOC(=O)NC)cc-3oc2c1.CNC(=O)O. The number of aromatic carboxylic acids is 1. The summed E-state index contributed by atoms with van der Waals surface area (Å²) in [5, 5.41) is 25.7. The van der Waals surface area contributed by atoms with Crippen molar-refractivity contribution < 1.29 is 33.8 Å². The molecule has 0 bridgehead atoms. The van der Waals surface area contributed by atoms with E-state index in [1.165, 1.54) is 14.1 Å². The van der Waals surface area contributed by atoms with Crippen LogP contribution in [-0.4, -0.2) is 63.6 Å². The molecule has 2 aliphatic rings. The molecule has 0 saturated carbocycles. The summed E-state index contributed by atoms with van der Waals surface area (Å²) >= 11 is 0. The summed E-state index contributed by atoms with van der Waals surface area (Å²) in [5.74, 6) is -0.643. The first-order valence-corrected chi connectivity index (χ1v) is 13.7. The fourth-order valence-electron chi connectivity index (χ4n) is 4.62. The molecule has 0 spiro atoms. The number of nitrogens with one attached hydrogen (secondary N) is 2. The molecule has 0 saturated heterocycles. The van der Waals surface area contributed by atoms with Crippen molar-refractivity contribution in [3.8, 4) is 22.5 Å². The molecule has 43 heavy (non-hydrogen) atoms. The number of anilines is 1. The molecule has 226 valence electrons. The lowest BCUT2D eigenvalue weighted by Crippen LogP contribution is -2.34. The first-order chi connectivity index (χ1) is 20.7. The van der Waals surface area contributed by atoms with E-state index in [4.69, 9.17) is 14.3 Å². The Bertz CT molecular complexity index is 1660. The van der Waals surface area contributed by atoms with Crippen LogP contribution in [0.1, 0.15) is 24.2 Å². The summed E-state index contributed by atoms with van der Waals surface area (Å²) in [6.45, 7) is 10.1. The van der Waals surface area contributed by atoms with Gasteiger partial charge in [-0.25, -0.2) is 14.2 Å². The highest BCUT2D eigenvalue weighted by Crippen LogP contribution is 2.41. The fourth-order valence-corrected chi connectivity index (χ4v) is 4.62. The average molecular weight is 589 g/mol. The molecular weight excluding hydrogens is 552 g/mol. The molecule has 0 radical (unpaired) electrons. The number of alkyl carbamates (subject to hydrolysis) is 1. The summed E-state index contributed by atoms with van der Waals surface area (Å²) in [4.78, 5) is 34.8. The van der Waals surface area contributed by atoms with Gasteiger partial charge in [0.05, 0.1) is 12.0 Å². The lowest BCUT2D eigenvalue weighted by molar-refractivity contribution is -0.254. The predicted octanol–water partition coefficient (Wildman–Crippen LogP) is 3.57. The van der Waals surface area contributed by atoms with Crippen LogP contribution in [0.4, 0.5) is 15.3 Å². The van der Waals surface area contributed by atoms with Gasteiger partial charge >= 0.3 is 12.2 Å². The maximum absolute atomic E-state index is 12.0. The standard InChI is InChI=1S/C30H31N3O5.C2H5NO2/c1-5-32(6-2)20-12-14-24-26(18-20)38-27-19-21(33(7-3)16-17-37-30(36)31-4)13-15-25(27)28(24)22-10-8-9-11-23(22)29(34)35;1-3-2(4)5/h5,8-15,18-19H,1,6-7,16-17H2,2-4H3,(H-,31,34,35,36);3H,1H3,(H,4,5). The number of likely N-dealkylation sites (N-methyl/N-ethyl adjacent to an activating group) is 1. The van der Waals surface area contributed by atoms with Gasteiger partial charge in [-0.2, -0.15) is 0 Å². The quantitative estimate of drug-likeness (QED) is 0.199. The van der Waals surface area contributed by atoms with Gasteiger partial charge < -0.3 is 39.7 Å². The first kappa shape index (κ1) is 32.2. The second kappa shape index (κ2) is 15.1. The van der Waals surface area contributed by atoms with Crippen LogP contribution >= 0.6 is 0 Å². The largest absolute Gasteiger partial charge is 0.545 e. The van der Waals surface area contributed by atoms with Crippen LogP contribution < -0.4 is 30.6 Å². The Morgan fingerprint density at radius 2 is 1.77 bits per heavy atom. The Morgan fingerprint density at radius 3 is 2.37 bits per heavy atom. The maximum Gasteiger partial charge on any atom is 0.407 e. The molecule has 1 aliphatic heterocycles. The topological polar surface area (TPSA) is 147 Å². The highest BCUT2D eigenvalue weighted by Gasteiger charge is 2.21. The smallest absolute Gasteiger partial charge is 0.407 e. The zero-order valence-electron chi connectivity index (χ0n) is 24.7. The molecule has 11 heteroatoms. The molecule has 2 amide bonds. The minimum atomic E-state index is -1.24. The van der Waals surface area contributed by atoms with Crippen LogP contribution in [0.5, 0.6) is 0 Å². The number of hydrogen-bond donors (Lipinski definition) is 3. The van der Waals surface area contributed by atoms with Crippen molar-refractivity contribution in [2.24, 2.45) is 0 Å². The van der Waals surface area contributed by atoms with Crippen LogP contribution in [0.25, 0.3) is 33.4 Å². The summed E-state index contributed by atoms with van der Waals surface area (Å²) in [5.41, 5.74) is 3.72. The van der Waals surface area contributed by atoms with Crippen LogP contribution in [0.2, 0.25) is 0 Å². The number of benzene rings is 3. The van der Waals surface area contributed by atoms with Gasteiger partial charge in [0, 0.05) is 60.5 Å². The van der Waals surface area contributed by atoms with E-state index < -0.39 is 18.2 Å². The third kappa shape index (κ3) is 7.70. The van der Waals surface area contributed by atoms with Crippen LogP contribution in [0, 0.1) is 0 Å². The molecule has 2 aromatic rings. The number of carboxylic acid groups (broad SMARTS) is 2. The summed E-state index contributed by atoms with van der Waals surface area (Å²) < 4.78 is 13.7. The van der Waals surface area contributed by atoms with E-state index in [2.05, 4.69) is 16.5 Å². The van der Waals surface area contributed by atoms with Crippen molar-refractivity contribution in [2.45, 2.75) is 13.8 Å². The Balaban J connectivity index is 0.000000934. The fraction of sp³-hybridized carbons (Fsp3) is 0.250. The number of ether oxygens (including phenoxy) is 1. The van der Waals surface area contributed by atoms with Gasteiger partial charge in [-0.05, 0) is 43.8 Å². The highest BCUT2D eigenvalue weighted by atomic mass is 16.5. The zero-order valence-corrected chi connectivity index (χ0v) is 24.7. The zero-order chi connectivity index (χ0) is 31.5. The molecular formula is C32H36N4O7. The second-order valence-electron chi connectivity index (χ2n) is 9.16. The number of carbonyl (C=O) groups is 3. The Hall–Kier alpha value is -5.32. The molecule has 11 nitrogen and oxygen atoms in total. The summed E-state index contributed by atoms with van der Waals surface area (Å²) in [6, 6.07) is 18.5. The maximum atomic E-state index is 12.0. The minimum absolute atomic E-state index is 0.109. The third-order valence-corrected chi connectivity index (χ3v) is 6.76.